The highest BCUT2D eigenvalue weighted by Crippen LogP contribution is 2.28. The molecule has 0 unspecified atom stereocenters. The summed E-state index contributed by atoms with van der Waals surface area (Å²) in [5.41, 5.74) is 0.773. The monoisotopic (exact) mass is 490 g/mol. The lowest BCUT2D eigenvalue weighted by Gasteiger charge is -2.33. The van der Waals surface area contributed by atoms with Crippen LogP contribution in [0.3, 0.4) is 0 Å². The zero-order valence-corrected chi connectivity index (χ0v) is 20.3. The van der Waals surface area contributed by atoms with E-state index in [1.54, 1.807) is 42.5 Å². The molecule has 0 saturated carbocycles. The quantitative estimate of drug-likeness (QED) is 0.577. The zero-order chi connectivity index (χ0) is 25.1. The number of nitrogens with one attached hydrogen (secondary N) is 2. The third-order valence-corrected chi connectivity index (χ3v) is 6.85. The van der Waals surface area contributed by atoms with Crippen LogP contribution in [0.4, 0.5) is 15.4 Å². The number of carbonyl (C=O) groups is 3. The van der Waals surface area contributed by atoms with Crippen LogP contribution in [0.2, 0.25) is 0 Å². The predicted molar refractivity (Wildman–Crippen MR) is 135 cm³/mol. The molecule has 2 aliphatic rings. The highest BCUT2D eigenvalue weighted by molar-refractivity contribution is 5.92. The first-order chi connectivity index (χ1) is 17.5. The van der Waals surface area contributed by atoms with Gasteiger partial charge in [-0.2, -0.15) is 0 Å². The number of nitrogens with zero attached hydrogens (tertiary/aromatic N) is 4. The van der Waals surface area contributed by atoms with E-state index in [1.807, 2.05) is 23.1 Å². The van der Waals surface area contributed by atoms with Gasteiger partial charge in [-0.25, -0.2) is 14.6 Å². The number of hydrogen-bond acceptors (Lipinski definition) is 5. The lowest BCUT2D eigenvalue weighted by molar-refractivity contribution is -0.135. The molecule has 0 atom stereocenters. The first-order valence-corrected chi connectivity index (χ1v) is 12.3. The van der Waals surface area contributed by atoms with Gasteiger partial charge in [0.05, 0.1) is 5.52 Å². The molecule has 10 heteroatoms. The summed E-state index contributed by atoms with van der Waals surface area (Å²) in [5.74, 6) is 1.76. The smallest absolute Gasteiger partial charge is 0.325 e. The molecule has 1 aromatic carbocycles. The van der Waals surface area contributed by atoms with Crippen LogP contribution < -0.4 is 15.4 Å². The molecule has 4 amide bonds. The van der Waals surface area contributed by atoms with Gasteiger partial charge < -0.3 is 19.9 Å². The molecule has 0 spiro atoms. The van der Waals surface area contributed by atoms with Crippen molar-refractivity contribution in [3.05, 3.63) is 48.8 Å². The van der Waals surface area contributed by atoms with Crippen LogP contribution in [0.15, 0.2) is 48.8 Å². The Balaban J connectivity index is 1.18. The topological polar surface area (TPSA) is 109 Å². The molecule has 2 fully saturated rings. The van der Waals surface area contributed by atoms with Crippen LogP contribution in [0.1, 0.15) is 25.7 Å². The van der Waals surface area contributed by atoms with Gasteiger partial charge in [0.15, 0.2) is 0 Å². The molecular weight excluding hydrogens is 460 g/mol. The van der Waals surface area contributed by atoms with Crippen molar-refractivity contribution in [2.75, 3.05) is 38.5 Å². The molecule has 2 aliphatic heterocycles. The van der Waals surface area contributed by atoms with E-state index in [4.69, 9.17) is 4.74 Å². The van der Waals surface area contributed by atoms with Gasteiger partial charge in [-0.3, -0.25) is 14.7 Å². The molecule has 0 aliphatic carbocycles. The van der Waals surface area contributed by atoms with Crippen molar-refractivity contribution in [2.45, 2.75) is 25.7 Å². The van der Waals surface area contributed by atoms with Crippen molar-refractivity contribution in [1.29, 1.82) is 0 Å². The fraction of sp³-hybridized carbons (Fsp3) is 0.385. The Morgan fingerprint density at radius 2 is 1.67 bits per heavy atom. The third-order valence-electron chi connectivity index (χ3n) is 6.85. The summed E-state index contributed by atoms with van der Waals surface area (Å²) >= 11 is 0. The summed E-state index contributed by atoms with van der Waals surface area (Å²) < 4.78 is 7.51. The molecule has 5 rings (SSSR count). The fourth-order valence-electron chi connectivity index (χ4n) is 4.87. The number of hydrogen-bond donors (Lipinski definition) is 2. The van der Waals surface area contributed by atoms with E-state index < -0.39 is 0 Å². The zero-order valence-electron chi connectivity index (χ0n) is 20.3. The molecule has 4 heterocycles. The molecule has 2 N–H and O–H groups in total. The molecule has 36 heavy (non-hydrogen) atoms. The molecule has 0 radical (unpaired) electrons. The molecule has 0 bridgehead atoms. The van der Waals surface area contributed by atoms with E-state index in [9.17, 15) is 14.4 Å². The fourth-order valence-corrected chi connectivity index (χ4v) is 4.87. The number of rotatable bonds is 4. The van der Waals surface area contributed by atoms with Crippen LogP contribution in [-0.2, 0) is 4.79 Å². The maximum atomic E-state index is 12.8. The van der Waals surface area contributed by atoms with E-state index in [0.717, 1.165) is 36.8 Å². The lowest BCUT2D eigenvalue weighted by atomic mass is 9.95. The Kier molecular flexibility index (Phi) is 6.75. The van der Waals surface area contributed by atoms with E-state index in [1.165, 1.54) is 4.57 Å². The summed E-state index contributed by atoms with van der Waals surface area (Å²) in [6.45, 7) is 2.81. The predicted octanol–water partition coefficient (Wildman–Crippen LogP) is 3.88. The van der Waals surface area contributed by atoms with E-state index in [2.05, 4.69) is 15.6 Å². The molecule has 2 saturated heterocycles. The summed E-state index contributed by atoms with van der Waals surface area (Å²) in [7, 11) is 1.59. The maximum absolute atomic E-state index is 12.8. The first kappa shape index (κ1) is 23.7. The second kappa shape index (κ2) is 10.3. The Morgan fingerprint density at radius 1 is 0.917 bits per heavy atom. The van der Waals surface area contributed by atoms with Gasteiger partial charge in [-0.1, -0.05) is 0 Å². The minimum Gasteiger partial charge on any atom is -0.457 e. The number of urea groups is 1. The summed E-state index contributed by atoms with van der Waals surface area (Å²) in [4.78, 5) is 45.3. The van der Waals surface area contributed by atoms with Gasteiger partial charge in [-0.05, 0) is 56.0 Å². The number of ether oxygens (including phenoxy) is 1. The molecule has 2 aromatic heterocycles. The van der Waals surface area contributed by atoms with Gasteiger partial charge in [0, 0.05) is 63.0 Å². The lowest BCUT2D eigenvalue weighted by Crippen LogP contribution is -2.45. The van der Waals surface area contributed by atoms with E-state index in [-0.39, 0.29) is 23.9 Å². The minimum atomic E-state index is -0.233. The molecule has 10 nitrogen and oxygen atoms in total. The SMILES string of the molecule is CNC(=O)n1ccc2cc(Oc3ccnc(NC(=O)N4CCC(C(=O)N5CCCC5)CC4)c3)ccc21. The summed E-state index contributed by atoms with van der Waals surface area (Å²) in [6, 6.07) is 10.2. The van der Waals surface area contributed by atoms with Crippen molar-refractivity contribution >= 4 is 34.7 Å². The summed E-state index contributed by atoms with van der Waals surface area (Å²) in [5, 5.41) is 6.32. The maximum Gasteiger partial charge on any atom is 0.325 e. The van der Waals surface area contributed by atoms with Crippen LogP contribution >= 0.6 is 0 Å². The van der Waals surface area contributed by atoms with Gasteiger partial charge >= 0.3 is 12.1 Å². The van der Waals surface area contributed by atoms with E-state index in [0.29, 0.717) is 43.2 Å². The highest BCUT2D eigenvalue weighted by atomic mass is 16.5. The van der Waals surface area contributed by atoms with Crippen molar-refractivity contribution in [1.82, 2.24) is 24.7 Å². The standard InChI is InChI=1S/C26H30N6O4/c1-27-25(34)32-15-9-19-16-20(4-5-22(19)32)36-21-6-10-28-23(17-21)29-26(35)31-13-7-18(8-14-31)24(33)30-11-2-3-12-30/h4-6,9-10,15-18H,2-3,7-8,11-14H2,1H3,(H,27,34)(H,28,29,35). The Hall–Kier alpha value is -4.08. The van der Waals surface area contributed by atoms with Crippen molar-refractivity contribution in [3.63, 3.8) is 0 Å². The molecular formula is C26H30N6O4. The average molecular weight is 491 g/mol. The van der Waals surface area contributed by atoms with Crippen LogP contribution in [0.25, 0.3) is 10.9 Å². The Labute approximate surface area is 209 Å². The van der Waals surface area contributed by atoms with Gasteiger partial charge in [0.1, 0.15) is 17.3 Å². The number of fused-ring (bicyclic) bond motifs is 1. The van der Waals surface area contributed by atoms with Gasteiger partial charge in [0.25, 0.3) is 0 Å². The van der Waals surface area contributed by atoms with Crippen molar-refractivity contribution < 1.29 is 19.1 Å². The second-order valence-electron chi connectivity index (χ2n) is 9.16. The number of likely N-dealkylation sites (tertiary alicyclic amines) is 2. The molecule has 3 aromatic rings. The number of aromatic nitrogens is 2. The Morgan fingerprint density at radius 3 is 2.42 bits per heavy atom. The van der Waals surface area contributed by atoms with Crippen LogP contribution in [0.5, 0.6) is 11.5 Å². The number of carbonyl (C=O) groups excluding carboxylic acids is 3. The van der Waals surface area contributed by atoms with Crippen molar-refractivity contribution in [2.24, 2.45) is 5.92 Å². The number of anilines is 1. The van der Waals surface area contributed by atoms with Crippen molar-refractivity contribution in [3.8, 4) is 11.5 Å². The third kappa shape index (κ3) is 4.98. The minimum absolute atomic E-state index is 0.00704. The second-order valence-corrected chi connectivity index (χ2v) is 9.16. The van der Waals surface area contributed by atoms with Crippen LogP contribution in [0, 0.1) is 5.92 Å². The van der Waals surface area contributed by atoms with Gasteiger partial charge in [0.2, 0.25) is 5.91 Å². The van der Waals surface area contributed by atoms with E-state index >= 15 is 0 Å². The number of pyridine rings is 1. The number of piperidine rings is 1. The van der Waals surface area contributed by atoms with Gasteiger partial charge in [-0.15, -0.1) is 0 Å². The highest BCUT2D eigenvalue weighted by Gasteiger charge is 2.31. The summed E-state index contributed by atoms with van der Waals surface area (Å²) in [6.07, 6.45) is 6.82. The van der Waals surface area contributed by atoms with Crippen LogP contribution in [-0.4, -0.2) is 70.5 Å². The first-order valence-electron chi connectivity index (χ1n) is 12.3. The average Bonchev–Trinajstić information content (AvgIpc) is 3.58. The Bertz CT molecular complexity index is 1270. The number of amides is 4. The number of benzene rings is 1. The normalized spacial score (nSPS) is 16.2. The molecule has 188 valence electrons. The largest absolute Gasteiger partial charge is 0.457 e.